The van der Waals surface area contributed by atoms with E-state index in [4.69, 9.17) is 11.6 Å². The van der Waals surface area contributed by atoms with E-state index < -0.39 is 0 Å². The highest BCUT2D eigenvalue weighted by Crippen LogP contribution is 2.22. The largest absolute Gasteiger partial charge is 0.347 e. The number of aromatic nitrogens is 2. The molecule has 1 aromatic heterocycles. The zero-order chi connectivity index (χ0) is 12.8. The van der Waals surface area contributed by atoms with Crippen molar-refractivity contribution in [1.29, 1.82) is 0 Å². The molecule has 1 saturated carbocycles. The molecule has 0 atom stereocenters. The SMILES string of the molecule is O=c1ncc(Cl)cn1CCNCC1CCCCC1. The summed E-state index contributed by atoms with van der Waals surface area (Å²) in [5.74, 6) is 0.813. The van der Waals surface area contributed by atoms with Gasteiger partial charge in [-0.2, -0.15) is 0 Å². The van der Waals surface area contributed by atoms with Crippen LogP contribution in [0.4, 0.5) is 0 Å². The molecule has 5 heteroatoms. The Morgan fingerprint density at radius 3 is 2.94 bits per heavy atom. The van der Waals surface area contributed by atoms with Crippen LogP contribution in [0.2, 0.25) is 5.02 Å². The van der Waals surface area contributed by atoms with Crippen molar-refractivity contribution in [3.8, 4) is 0 Å². The number of rotatable bonds is 5. The maximum atomic E-state index is 11.4. The van der Waals surface area contributed by atoms with Crippen LogP contribution in [0, 0.1) is 5.92 Å². The van der Waals surface area contributed by atoms with Gasteiger partial charge in [0.1, 0.15) is 0 Å². The number of halogens is 1. The first-order chi connectivity index (χ1) is 8.75. The van der Waals surface area contributed by atoms with Crippen LogP contribution in [0.3, 0.4) is 0 Å². The molecule has 0 unspecified atom stereocenters. The highest BCUT2D eigenvalue weighted by atomic mass is 35.5. The smallest absolute Gasteiger partial charge is 0.315 e. The summed E-state index contributed by atoms with van der Waals surface area (Å²) >= 11 is 5.81. The van der Waals surface area contributed by atoms with Crippen molar-refractivity contribution in [1.82, 2.24) is 14.9 Å². The summed E-state index contributed by atoms with van der Waals surface area (Å²) in [5.41, 5.74) is -0.237. The second kappa shape index (κ2) is 6.90. The van der Waals surface area contributed by atoms with Gasteiger partial charge in [0.25, 0.3) is 0 Å². The summed E-state index contributed by atoms with van der Waals surface area (Å²) in [5, 5.41) is 3.92. The molecule has 0 aliphatic heterocycles. The predicted octanol–water partition coefficient (Wildman–Crippen LogP) is 2.07. The third kappa shape index (κ3) is 4.10. The van der Waals surface area contributed by atoms with Crippen molar-refractivity contribution in [3.63, 3.8) is 0 Å². The molecule has 0 amide bonds. The summed E-state index contributed by atoms with van der Waals surface area (Å²) in [6.07, 6.45) is 9.82. The lowest BCUT2D eigenvalue weighted by atomic mass is 9.89. The fourth-order valence-corrected chi connectivity index (χ4v) is 2.65. The normalized spacial score (nSPS) is 16.9. The van der Waals surface area contributed by atoms with E-state index in [1.54, 1.807) is 10.8 Å². The molecule has 1 heterocycles. The molecule has 4 nitrogen and oxygen atoms in total. The zero-order valence-electron chi connectivity index (χ0n) is 10.6. The Morgan fingerprint density at radius 1 is 1.39 bits per heavy atom. The molecule has 0 aromatic carbocycles. The Hall–Kier alpha value is -0.870. The molecule has 0 bridgehead atoms. The van der Waals surface area contributed by atoms with Gasteiger partial charge in [-0.15, -0.1) is 0 Å². The van der Waals surface area contributed by atoms with Crippen molar-refractivity contribution in [2.75, 3.05) is 13.1 Å². The number of hydrogen-bond acceptors (Lipinski definition) is 3. The van der Waals surface area contributed by atoms with E-state index in [1.165, 1.54) is 38.3 Å². The summed E-state index contributed by atoms with van der Waals surface area (Å²) in [6, 6.07) is 0. The van der Waals surface area contributed by atoms with E-state index in [9.17, 15) is 4.79 Å². The van der Waals surface area contributed by atoms with Crippen molar-refractivity contribution >= 4 is 11.6 Å². The molecule has 18 heavy (non-hydrogen) atoms. The fraction of sp³-hybridized carbons (Fsp3) is 0.692. The van der Waals surface area contributed by atoms with Gasteiger partial charge < -0.3 is 5.32 Å². The molecule has 0 saturated heterocycles. The van der Waals surface area contributed by atoms with Gasteiger partial charge in [-0.3, -0.25) is 4.57 Å². The number of nitrogens with one attached hydrogen (secondary N) is 1. The van der Waals surface area contributed by atoms with E-state index in [2.05, 4.69) is 10.3 Å². The molecule has 100 valence electrons. The van der Waals surface area contributed by atoms with Gasteiger partial charge in [-0.1, -0.05) is 30.9 Å². The summed E-state index contributed by atoms with van der Waals surface area (Å²) in [7, 11) is 0. The van der Waals surface area contributed by atoms with Crippen LogP contribution in [-0.4, -0.2) is 22.6 Å². The molecule has 1 fully saturated rings. The number of hydrogen-bond donors (Lipinski definition) is 1. The standard InChI is InChI=1S/C13H20ClN3O/c14-12-9-16-13(18)17(10-12)7-6-15-8-11-4-2-1-3-5-11/h9-11,15H,1-8H2. The van der Waals surface area contributed by atoms with Crippen molar-refractivity contribution in [3.05, 3.63) is 27.9 Å². The van der Waals surface area contributed by atoms with Gasteiger partial charge >= 0.3 is 5.69 Å². The van der Waals surface area contributed by atoms with Crippen LogP contribution in [0.1, 0.15) is 32.1 Å². The third-order valence-electron chi connectivity index (χ3n) is 3.51. The first kappa shape index (κ1) is 13.6. The second-order valence-corrected chi connectivity index (χ2v) is 5.39. The maximum Gasteiger partial charge on any atom is 0.347 e. The molecular formula is C13H20ClN3O. The molecule has 0 spiro atoms. The fourth-order valence-electron chi connectivity index (χ4n) is 2.49. The first-order valence-electron chi connectivity index (χ1n) is 6.68. The first-order valence-corrected chi connectivity index (χ1v) is 7.06. The van der Waals surface area contributed by atoms with Crippen LogP contribution < -0.4 is 11.0 Å². The van der Waals surface area contributed by atoms with Crippen LogP contribution in [0.5, 0.6) is 0 Å². The van der Waals surface area contributed by atoms with Crippen LogP contribution in [-0.2, 0) is 6.54 Å². The Morgan fingerprint density at radius 2 is 2.17 bits per heavy atom. The van der Waals surface area contributed by atoms with Crippen molar-refractivity contribution in [2.45, 2.75) is 38.6 Å². The maximum absolute atomic E-state index is 11.4. The number of nitrogens with zero attached hydrogens (tertiary/aromatic N) is 2. The van der Waals surface area contributed by atoms with Crippen LogP contribution in [0.25, 0.3) is 0 Å². The Kier molecular flexibility index (Phi) is 5.20. The molecule has 2 rings (SSSR count). The van der Waals surface area contributed by atoms with Gasteiger partial charge in [0, 0.05) is 19.3 Å². The van der Waals surface area contributed by atoms with E-state index in [-0.39, 0.29) is 5.69 Å². The molecule has 1 aliphatic rings. The highest BCUT2D eigenvalue weighted by Gasteiger charge is 2.12. The molecular weight excluding hydrogens is 250 g/mol. The Labute approximate surface area is 112 Å². The van der Waals surface area contributed by atoms with E-state index in [0.29, 0.717) is 11.6 Å². The molecule has 1 aliphatic carbocycles. The molecule has 1 N–H and O–H groups in total. The third-order valence-corrected chi connectivity index (χ3v) is 3.71. The van der Waals surface area contributed by atoms with Gasteiger partial charge in [-0.25, -0.2) is 9.78 Å². The van der Waals surface area contributed by atoms with E-state index in [1.807, 2.05) is 0 Å². The van der Waals surface area contributed by atoms with Crippen molar-refractivity contribution < 1.29 is 0 Å². The average Bonchev–Trinajstić information content (AvgIpc) is 2.40. The highest BCUT2D eigenvalue weighted by molar-refractivity contribution is 6.30. The van der Waals surface area contributed by atoms with Gasteiger partial charge in [0.15, 0.2) is 0 Å². The quantitative estimate of drug-likeness (QED) is 0.833. The van der Waals surface area contributed by atoms with Gasteiger partial charge in [0.2, 0.25) is 0 Å². The molecule has 1 aromatic rings. The minimum absolute atomic E-state index is 0.237. The van der Waals surface area contributed by atoms with Crippen molar-refractivity contribution in [2.24, 2.45) is 5.92 Å². The second-order valence-electron chi connectivity index (χ2n) is 4.96. The van der Waals surface area contributed by atoms with Gasteiger partial charge in [0.05, 0.1) is 11.2 Å². The predicted molar refractivity (Wildman–Crippen MR) is 73.0 cm³/mol. The Balaban J connectivity index is 1.71. The lowest BCUT2D eigenvalue weighted by Crippen LogP contribution is -2.31. The average molecular weight is 270 g/mol. The summed E-state index contributed by atoms with van der Waals surface area (Å²) in [4.78, 5) is 15.1. The Bertz CT molecular complexity index is 426. The zero-order valence-corrected chi connectivity index (χ0v) is 11.3. The van der Waals surface area contributed by atoms with E-state index >= 15 is 0 Å². The minimum Gasteiger partial charge on any atom is -0.315 e. The minimum atomic E-state index is -0.237. The van der Waals surface area contributed by atoms with E-state index in [0.717, 1.165) is 19.0 Å². The van der Waals surface area contributed by atoms with Crippen LogP contribution in [0.15, 0.2) is 17.2 Å². The topological polar surface area (TPSA) is 46.9 Å². The summed E-state index contributed by atoms with van der Waals surface area (Å²) in [6.45, 7) is 2.47. The lowest BCUT2D eigenvalue weighted by molar-refractivity contribution is 0.340. The molecule has 0 radical (unpaired) electrons. The lowest BCUT2D eigenvalue weighted by Gasteiger charge is -2.21. The monoisotopic (exact) mass is 269 g/mol. The summed E-state index contributed by atoms with van der Waals surface area (Å²) < 4.78 is 1.55. The van der Waals surface area contributed by atoms with Crippen LogP contribution >= 0.6 is 11.6 Å². The van der Waals surface area contributed by atoms with Gasteiger partial charge in [-0.05, 0) is 25.3 Å².